The molecule has 0 aromatic rings. The lowest BCUT2D eigenvalue weighted by Gasteiger charge is -2.18. The number of hydrogen-bond acceptors (Lipinski definition) is 5. The number of hydrogen-bond donors (Lipinski definition) is 2. The first-order valence-electron chi connectivity index (χ1n) is 5.82. The van der Waals surface area contributed by atoms with E-state index in [2.05, 4.69) is 5.32 Å². The third-order valence-corrected chi connectivity index (χ3v) is 3.63. The van der Waals surface area contributed by atoms with E-state index >= 15 is 0 Å². The van der Waals surface area contributed by atoms with Crippen molar-refractivity contribution in [1.29, 1.82) is 0 Å². The van der Waals surface area contributed by atoms with Crippen LogP contribution in [-0.2, 0) is 9.53 Å². The van der Waals surface area contributed by atoms with Gasteiger partial charge in [0.05, 0.1) is 13.2 Å². The van der Waals surface area contributed by atoms with Crippen LogP contribution in [0.4, 0.5) is 0 Å². The summed E-state index contributed by atoms with van der Waals surface area (Å²) in [6.07, 6.45) is 2.30. The van der Waals surface area contributed by atoms with Gasteiger partial charge in [-0.1, -0.05) is 6.92 Å². The van der Waals surface area contributed by atoms with Gasteiger partial charge in [0, 0.05) is 17.0 Å². The molecule has 5 heteroatoms. The van der Waals surface area contributed by atoms with Crippen molar-refractivity contribution in [2.24, 2.45) is 0 Å². The lowest BCUT2D eigenvalue weighted by atomic mass is 10.3. The number of aliphatic hydroxyl groups excluding tert-OH is 1. The van der Waals surface area contributed by atoms with Crippen molar-refractivity contribution >= 4 is 17.7 Å². The quantitative estimate of drug-likeness (QED) is 0.621. The van der Waals surface area contributed by atoms with Crippen molar-refractivity contribution < 1.29 is 14.6 Å². The second kappa shape index (κ2) is 7.14. The number of aliphatic hydroxyl groups is 1. The molecule has 0 spiro atoms. The molecule has 2 unspecified atom stereocenters. The highest BCUT2D eigenvalue weighted by molar-refractivity contribution is 7.99. The lowest BCUT2D eigenvalue weighted by molar-refractivity contribution is -0.145. The van der Waals surface area contributed by atoms with Crippen molar-refractivity contribution in [3.63, 3.8) is 0 Å². The first-order valence-corrected chi connectivity index (χ1v) is 6.87. The molecule has 0 amide bonds. The van der Waals surface area contributed by atoms with Gasteiger partial charge in [-0.3, -0.25) is 4.79 Å². The minimum Gasteiger partial charge on any atom is -0.465 e. The van der Waals surface area contributed by atoms with E-state index in [1.807, 2.05) is 13.8 Å². The van der Waals surface area contributed by atoms with E-state index in [4.69, 9.17) is 9.84 Å². The van der Waals surface area contributed by atoms with Gasteiger partial charge in [0.2, 0.25) is 0 Å². The van der Waals surface area contributed by atoms with Crippen LogP contribution in [0.1, 0.15) is 26.7 Å². The van der Waals surface area contributed by atoms with Gasteiger partial charge < -0.3 is 15.2 Å². The van der Waals surface area contributed by atoms with Crippen LogP contribution in [0, 0.1) is 0 Å². The summed E-state index contributed by atoms with van der Waals surface area (Å²) in [5.74, 6) is 0.490. The Morgan fingerprint density at radius 2 is 2.31 bits per heavy atom. The molecule has 1 aliphatic rings. The van der Waals surface area contributed by atoms with Gasteiger partial charge in [-0.2, -0.15) is 11.8 Å². The van der Waals surface area contributed by atoms with E-state index in [1.54, 1.807) is 11.8 Å². The Morgan fingerprint density at radius 1 is 1.62 bits per heavy atom. The van der Waals surface area contributed by atoms with Gasteiger partial charge in [0.25, 0.3) is 0 Å². The molecule has 0 saturated heterocycles. The van der Waals surface area contributed by atoms with Crippen molar-refractivity contribution in [1.82, 2.24) is 5.32 Å². The van der Waals surface area contributed by atoms with E-state index in [0.717, 1.165) is 12.8 Å². The maximum atomic E-state index is 11.6. The van der Waals surface area contributed by atoms with Crippen LogP contribution in [0.2, 0.25) is 0 Å². The van der Waals surface area contributed by atoms with Crippen LogP contribution < -0.4 is 5.32 Å². The minimum atomic E-state index is -0.230. The predicted octanol–water partition coefficient (Wildman–Crippen LogP) is 0.784. The topological polar surface area (TPSA) is 58.6 Å². The molecule has 0 radical (unpaired) electrons. The Morgan fingerprint density at radius 3 is 2.81 bits per heavy atom. The minimum absolute atomic E-state index is 0.143. The van der Waals surface area contributed by atoms with Crippen LogP contribution in [0.3, 0.4) is 0 Å². The number of carbonyl (C=O) groups excluding carboxylic acids is 1. The summed E-state index contributed by atoms with van der Waals surface area (Å²) in [6, 6.07) is 0.255. The highest BCUT2D eigenvalue weighted by Gasteiger charge is 2.29. The van der Waals surface area contributed by atoms with Gasteiger partial charge in [-0.15, -0.1) is 0 Å². The van der Waals surface area contributed by atoms with Crippen LogP contribution in [0.25, 0.3) is 0 Å². The number of thioether (sulfide) groups is 1. The van der Waals surface area contributed by atoms with Gasteiger partial charge in [0.15, 0.2) is 0 Å². The summed E-state index contributed by atoms with van der Waals surface area (Å²) in [7, 11) is 0. The smallest absolute Gasteiger partial charge is 0.323 e. The number of esters is 1. The fourth-order valence-corrected chi connectivity index (χ4v) is 2.13. The number of rotatable bonds is 8. The van der Waals surface area contributed by atoms with Crippen LogP contribution in [-0.4, -0.2) is 47.4 Å². The molecule has 2 N–H and O–H groups in total. The van der Waals surface area contributed by atoms with Crippen LogP contribution >= 0.6 is 11.8 Å². The Bertz CT molecular complexity index is 221. The Balaban J connectivity index is 2.32. The molecule has 0 heterocycles. The van der Waals surface area contributed by atoms with E-state index < -0.39 is 0 Å². The fourth-order valence-electron chi connectivity index (χ4n) is 1.27. The summed E-state index contributed by atoms with van der Waals surface area (Å²) in [4.78, 5) is 11.6. The summed E-state index contributed by atoms with van der Waals surface area (Å²) in [5, 5.41) is 12.4. The molecule has 0 bridgehead atoms. The molecule has 16 heavy (non-hydrogen) atoms. The third-order valence-electron chi connectivity index (χ3n) is 2.39. The lowest BCUT2D eigenvalue weighted by Crippen LogP contribution is -2.41. The fraction of sp³-hybridized carbons (Fsp3) is 0.909. The van der Waals surface area contributed by atoms with Crippen molar-refractivity contribution in [2.75, 3.05) is 19.0 Å². The molecule has 1 aliphatic carbocycles. The normalized spacial score (nSPS) is 19.2. The summed E-state index contributed by atoms with van der Waals surface area (Å²) in [5.41, 5.74) is 0. The van der Waals surface area contributed by atoms with Crippen LogP contribution in [0.5, 0.6) is 0 Å². The second-order valence-corrected chi connectivity index (χ2v) is 5.54. The predicted molar refractivity (Wildman–Crippen MR) is 65.6 cm³/mol. The molecule has 94 valence electrons. The SMILES string of the molecule is CCOC(=O)C(CSC(C)CO)NC1CC1. The highest BCUT2D eigenvalue weighted by Crippen LogP contribution is 2.21. The van der Waals surface area contributed by atoms with E-state index in [1.165, 1.54) is 0 Å². The van der Waals surface area contributed by atoms with Gasteiger partial charge in [0.1, 0.15) is 6.04 Å². The average molecular weight is 247 g/mol. The molecule has 0 aromatic carbocycles. The second-order valence-electron chi connectivity index (χ2n) is 4.07. The number of nitrogens with one attached hydrogen (secondary N) is 1. The Hall–Kier alpha value is -0.260. The molecular weight excluding hydrogens is 226 g/mol. The van der Waals surface area contributed by atoms with Gasteiger partial charge >= 0.3 is 5.97 Å². The zero-order valence-corrected chi connectivity index (χ0v) is 10.8. The Labute approximate surface area is 101 Å². The molecule has 1 rings (SSSR count). The molecule has 2 atom stereocenters. The molecule has 1 fully saturated rings. The average Bonchev–Trinajstić information content (AvgIpc) is 3.07. The summed E-state index contributed by atoms with van der Waals surface area (Å²) >= 11 is 1.60. The van der Waals surface area contributed by atoms with Crippen molar-refractivity contribution in [3.8, 4) is 0 Å². The standard InChI is InChI=1S/C11H21NO3S/c1-3-15-11(14)10(12-9-4-5-9)7-16-8(2)6-13/h8-10,12-13H,3-7H2,1-2H3. The van der Waals surface area contributed by atoms with E-state index in [0.29, 0.717) is 18.4 Å². The zero-order valence-electron chi connectivity index (χ0n) is 9.94. The van der Waals surface area contributed by atoms with Crippen molar-refractivity contribution in [3.05, 3.63) is 0 Å². The first kappa shape index (κ1) is 13.8. The molecular formula is C11H21NO3S. The Kier molecular flexibility index (Phi) is 6.16. The van der Waals surface area contributed by atoms with Crippen molar-refractivity contribution in [2.45, 2.75) is 44.0 Å². The highest BCUT2D eigenvalue weighted by atomic mass is 32.2. The molecule has 0 aliphatic heterocycles. The molecule has 4 nitrogen and oxygen atoms in total. The van der Waals surface area contributed by atoms with E-state index in [9.17, 15) is 4.79 Å². The maximum absolute atomic E-state index is 11.6. The molecule has 0 aromatic heterocycles. The molecule has 1 saturated carbocycles. The summed E-state index contributed by atoms with van der Waals surface area (Å²) in [6.45, 7) is 4.32. The van der Waals surface area contributed by atoms with Gasteiger partial charge in [-0.05, 0) is 19.8 Å². The van der Waals surface area contributed by atoms with Gasteiger partial charge in [-0.25, -0.2) is 0 Å². The van der Waals surface area contributed by atoms with E-state index in [-0.39, 0.29) is 23.9 Å². The zero-order chi connectivity index (χ0) is 12.0. The maximum Gasteiger partial charge on any atom is 0.323 e. The third kappa shape index (κ3) is 5.18. The number of ether oxygens (including phenoxy) is 1. The largest absolute Gasteiger partial charge is 0.465 e. The van der Waals surface area contributed by atoms with Crippen LogP contribution in [0.15, 0.2) is 0 Å². The monoisotopic (exact) mass is 247 g/mol. The first-order chi connectivity index (χ1) is 7.67. The summed E-state index contributed by atoms with van der Waals surface area (Å²) < 4.78 is 5.02. The number of carbonyl (C=O) groups is 1.